The predicted molar refractivity (Wildman–Crippen MR) is 77.2 cm³/mol. The molecule has 5 aliphatic rings. The second-order valence-electron chi connectivity index (χ2n) is 8.12. The Morgan fingerprint density at radius 2 is 1.75 bits per heavy atom. The summed E-state index contributed by atoms with van der Waals surface area (Å²) in [7, 11) is 0. The minimum absolute atomic E-state index is 0.212. The molecule has 5 rings (SSSR count). The molecule has 3 heteroatoms. The Bertz CT molecular complexity index is 371. The average molecular weight is 277 g/mol. The highest BCUT2D eigenvalue weighted by atomic mass is 16.5. The third-order valence-electron chi connectivity index (χ3n) is 6.29. The number of morpholine rings is 1. The molecule has 3 nitrogen and oxygen atoms in total. The third kappa shape index (κ3) is 2.28. The van der Waals surface area contributed by atoms with E-state index in [9.17, 15) is 4.79 Å². The van der Waals surface area contributed by atoms with E-state index in [1.807, 2.05) is 0 Å². The molecule has 1 atom stereocenters. The molecule has 1 saturated heterocycles. The van der Waals surface area contributed by atoms with Crippen LogP contribution in [0.1, 0.15) is 51.9 Å². The van der Waals surface area contributed by atoms with E-state index in [-0.39, 0.29) is 6.10 Å². The first-order valence-corrected chi connectivity index (χ1v) is 8.51. The Hall–Kier alpha value is -0.570. The summed E-state index contributed by atoms with van der Waals surface area (Å²) in [5.74, 6) is 3.23. The van der Waals surface area contributed by atoms with E-state index in [1.54, 1.807) is 0 Å². The highest BCUT2D eigenvalue weighted by Gasteiger charge is 2.51. The van der Waals surface area contributed by atoms with Gasteiger partial charge in [0.15, 0.2) is 0 Å². The van der Waals surface area contributed by atoms with Gasteiger partial charge in [0, 0.05) is 19.5 Å². The van der Waals surface area contributed by atoms with Gasteiger partial charge in [0.25, 0.3) is 0 Å². The van der Waals surface area contributed by atoms with E-state index in [4.69, 9.17) is 4.74 Å². The van der Waals surface area contributed by atoms with E-state index >= 15 is 0 Å². The van der Waals surface area contributed by atoms with Crippen molar-refractivity contribution in [3.05, 3.63) is 0 Å². The van der Waals surface area contributed by atoms with Gasteiger partial charge in [-0.2, -0.15) is 0 Å². The molecule has 4 saturated carbocycles. The molecule has 0 aromatic heterocycles. The molecule has 0 aromatic rings. The summed E-state index contributed by atoms with van der Waals surface area (Å²) in [6.45, 7) is 4.39. The molecule has 4 bridgehead atoms. The van der Waals surface area contributed by atoms with Gasteiger partial charge in [-0.3, -0.25) is 4.79 Å². The van der Waals surface area contributed by atoms with Crippen molar-refractivity contribution in [2.24, 2.45) is 23.2 Å². The Balaban J connectivity index is 1.44. The van der Waals surface area contributed by atoms with Gasteiger partial charge in [0.05, 0.1) is 12.7 Å². The monoisotopic (exact) mass is 277 g/mol. The highest BCUT2D eigenvalue weighted by molar-refractivity contribution is 5.77. The maximum atomic E-state index is 12.7. The van der Waals surface area contributed by atoms with Crippen LogP contribution in [0.5, 0.6) is 0 Å². The third-order valence-corrected chi connectivity index (χ3v) is 6.29. The fraction of sp³-hybridized carbons (Fsp3) is 0.941. The lowest BCUT2D eigenvalue weighted by Crippen LogP contribution is -2.50. The molecule has 1 aliphatic heterocycles. The zero-order chi connectivity index (χ0) is 13.7. The number of hydrogen-bond donors (Lipinski definition) is 0. The molecule has 0 aromatic carbocycles. The molecule has 5 fully saturated rings. The number of rotatable bonds is 2. The van der Waals surface area contributed by atoms with Crippen molar-refractivity contribution >= 4 is 5.91 Å². The van der Waals surface area contributed by atoms with Gasteiger partial charge in [0.2, 0.25) is 5.91 Å². The quantitative estimate of drug-likeness (QED) is 0.777. The lowest BCUT2D eigenvalue weighted by atomic mass is 9.49. The van der Waals surface area contributed by atoms with Crippen molar-refractivity contribution in [1.82, 2.24) is 4.90 Å². The largest absolute Gasteiger partial charge is 0.375 e. The van der Waals surface area contributed by atoms with Crippen molar-refractivity contribution in [2.45, 2.75) is 58.0 Å². The minimum Gasteiger partial charge on any atom is -0.375 e. The second-order valence-corrected chi connectivity index (χ2v) is 8.12. The number of carbonyl (C=O) groups excluding carboxylic acids is 1. The molecule has 1 unspecified atom stereocenters. The van der Waals surface area contributed by atoms with Gasteiger partial charge in [-0.05, 0) is 68.6 Å². The van der Waals surface area contributed by atoms with Crippen LogP contribution in [0.4, 0.5) is 0 Å². The van der Waals surface area contributed by atoms with Crippen molar-refractivity contribution in [3.63, 3.8) is 0 Å². The fourth-order valence-corrected chi connectivity index (χ4v) is 5.98. The second kappa shape index (κ2) is 4.72. The van der Waals surface area contributed by atoms with Gasteiger partial charge in [0.1, 0.15) is 0 Å². The Labute approximate surface area is 122 Å². The van der Waals surface area contributed by atoms with Crippen molar-refractivity contribution in [1.29, 1.82) is 0 Å². The molecular weight excluding hydrogens is 250 g/mol. The molecule has 1 heterocycles. The molecule has 20 heavy (non-hydrogen) atoms. The Morgan fingerprint density at radius 3 is 2.30 bits per heavy atom. The van der Waals surface area contributed by atoms with Crippen LogP contribution in [-0.4, -0.2) is 36.6 Å². The van der Waals surface area contributed by atoms with Crippen LogP contribution in [0.25, 0.3) is 0 Å². The van der Waals surface area contributed by atoms with E-state index in [0.717, 1.165) is 37.3 Å². The first kappa shape index (κ1) is 13.1. The van der Waals surface area contributed by atoms with Crippen LogP contribution >= 0.6 is 0 Å². The molecule has 0 spiro atoms. The average Bonchev–Trinajstić information content (AvgIpc) is 2.36. The number of nitrogens with zero attached hydrogens (tertiary/aromatic N) is 1. The topological polar surface area (TPSA) is 29.5 Å². The van der Waals surface area contributed by atoms with Gasteiger partial charge in [-0.1, -0.05) is 0 Å². The minimum atomic E-state index is 0.212. The van der Waals surface area contributed by atoms with Crippen LogP contribution in [0, 0.1) is 23.2 Å². The molecule has 4 aliphatic carbocycles. The first-order valence-electron chi connectivity index (χ1n) is 8.51. The van der Waals surface area contributed by atoms with Crippen molar-refractivity contribution in [2.75, 3.05) is 19.7 Å². The van der Waals surface area contributed by atoms with Crippen molar-refractivity contribution in [3.8, 4) is 0 Å². The summed E-state index contributed by atoms with van der Waals surface area (Å²) in [5, 5.41) is 0. The summed E-state index contributed by atoms with van der Waals surface area (Å²) >= 11 is 0. The molecule has 1 amide bonds. The predicted octanol–water partition coefficient (Wildman–Crippen LogP) is 2.84. The van der Waals surface area contributed by atoms with Gasteiger partial charge < -0.3 is 9.64 Å². The van der Waals surface area contributed by atoms with Gasteiger partial charge >= 0.3 is 0 Å². The smallest absolute Gasteiger partial charge is 0.223 e. The van der Waals surface area contributed by atoms with Crippen molar-refractivity contribution < 1.29 is 9.53 Å². The first-order chi connectivity index (χ1) is 9.62. The lowest BCUT2D eigenvalue weighted by molar-refractivity contribution is -0.146. The van der Waals surface area contributed by atoms with Gasteiger partial charge in [-0.15, -0.1) is 0 Å². The number of amides is 1. The van der Waals surface area contributed by atoms with Crippen LogP contribution in [-0.2, 0) is 9.53 Å². The zero-order valence-corrected chi connectivity index (χ0v) is 12.6. The number of ether oxygens (including phenoxy) is 1. The number of hydrogen-bond acceptors (Lipinski definition) is 2. The highest BCUT2D eigenvalue weighted by Crippen LogP contribution is 2.61. The van der Waals surface area contributed by atoms with E-state index in [1.165, 1.54) is 38.5 Å². The van der Waals surface area contributed by atoms with Crippen LogP contribution in [0.2, 0.25) is 0 Å². The summed E-state index contributed by atoms with van der Waals surface area (Å²) < 4.78 is 5.56. The van der Waals surface area contributed by atoms with E-state index in [0.29, 0.717) is 17.9 Å². The summed E-state index contributed by atoms with van der Waals surface area (Å²) in [6.07, 6.45) is 9.43. The maximum absolute atomic E-state index is 12.7. The molecular formula is C17H27NO2. The van der Waals surface area contributed by atoms with Crippen LogP contribution in [0.3, 0.4) is 0 Å². The van der Waals surface area contributed by atoms with Gasteiger partial charge in [-0.25, -0.2) is 0 Å². The van der Waals surface area contributed by atoms with E-state index in [2.05, 4.69) is 11.8 Å². The molecule has 112 valence electrons. The lowest BCUT2D eigenvalue weighted by Gasteiger charge is -2.57. The SMILES string of the molecule is CC1CN(C(=O)CC23CC4CC(CC(C4)C2)C3)CCO1. The zero-order valence-electron chi connectivity index (χ0n) is 12.6. The summed E-state index contributed by atoms with van der Waals surface area (Å²) in [4.78, 5) is 14.8. The van der Waals surface area contributed by atoms with Crippen LogP contribution < -0.4 is 0 Å². The molecule has 0 radical (unpaired) electrons. The van der Waals surface area contributed by atoms with Crippen LogP contribution in [0.15, 0.2) is 0 Å². The van der Waals surface area contributed by atoms with E-state index < -0.39 is 0 Å². The Kier molecular flexibility index (Phi) is 3.10. The normalized spacial score (nSPS) is 46.8. The Morgan fingerprint density at radius 1 is 1.15 bits per heavy atom. The molecule has 0 N–H and O–H groups in total. The maximum Gasteiger partial charge on any atom is 0.223 e. The number of carbonyl (C=O) groups is 1. The standard InChI is InChI=1S/C17H27NO2/c1-12-11-18(2-3-20-12)16(19)10-17-7-13-4-14(8-17)6-15(5-13)9-17/h12-15H,2-11H2,1H3. The fourth-order valence-electron chi connectivity index (χ4n) is 5.98. The summed E-state index contributed by atoms with van der Waals surface area (Å²) in [6, 6.07) is 0. The summed E-state index contributed by atoms with van der Waals surface area (Å²) in [5.41, 5.74) is 0.382.